The highest BCUT2D eigenvalue weighted by Crippen LogP contribution is 2.30. The van der Waals surface area contributed by atoms with Gasteiger partial charge in [0.15, 0.2) is 11.5 Å². The van der Waals surface area contributed by atoms with Crippen molar-refractivity contribution in [2.75, 3.05) is 32.8 Å². The van der Waals surface area contributed by atoms with Gasteiger partial charge in [-0.25, -0.2) is 0 Å². The van der Waals surface area contributed by atoms with Crippen molar-refractivity contribution < 1.29 is 14.6 Å². The largest absolute Gasteiger partial charge is 0.490 e. The van der Waals surface area contributed by atoms with Crippen LogP contribution in [0.3, 0.4) is 0 Å². The van der Waals surface area contributed by atoms with E-state index in [0.717, 1.165) is 44.0 Å². The highest BCUT2D eigenvalue weighted by Gasteiger charge is 2.27. The maximum atomic E-state index is 10.3. The second kappa shape index (κ2) is 9.14. The SMILES string of the molecule is CCCN1CCC(O)C(Cc2ccc(OCC)c(OCC)c2)C1. The Morgan fingerprint density at radius 2 is 1.87 bits per heavy atom. The van der Waals surface area contributed by atoms with Crippen LogP contribution in [0.5, 0.6) is 11.5 Å². The highest BCUT2D eigenvalue weighted by atomic mass is 16.5. The predicted octanol–water partition coefficient (Wildman–Crippen LogP) is 3.12. The molecule has 2 rings (SSSR count). The molecular formula is C19H31NO3. The lowest BCUT2D eigenvalue weighted by Gasteiger charge is -2.36. The van der Waals surface area contributed by atoms with E-state index in [0.29, 0.717) is 19.1 Å². The fourth-order valence-corrected chi connectivity index (χ4v) is 3.34. The molecule has 0 bridgehead atoms. The minimum atomic E-state index is -0.204. The van der Waals surface area contributed by atoms with Crippen LogP contribution in [0.25, 0.3) is 0 Å². The summed E-state index contributed by atoms with van der Waals surface area (Å²) in [7, 11) is 0. The monoisotopic (exact) mass is 321 g/mol. The van der Waals surface area contributed by atoms with E-state index in [4.69, 9.17) is 9.47 Å². The fraction of sp³-hybridized carbons (Fsp3) is 0.684. The molecule has 1 heterocycles. The van der Waals surface area contributed by atoms with Crippen molar-refractivity contribution in [1.82, 2.24) is 4.90 Å². The molecule has 2 atom stereocenters. The van der Waals surface area contributed by atoms with Crippen molar-refractivity contribution in [2.24, 2.45) is 5.92 Å². The van der Waals surface area contributed by atoms with Crippen LogP contribution in [0, 0.1) is 5.92 Å². The molecule has 4 nitrogen and oxygen atoms in total. The molecule has 1 aromatic carbocycles. The molecule has 1 N–H and O–H groups in total. The van der Waals surface area contributed by atoms with Gasteiger partial charge >= 0.3 is 0 Å². The van der Waals surface area contributed by atoms with Gasteiger partial charge in [0.1, 0.15) is 0 Å². The molecule has 1 aliphatic heterocycles. The van der Waals surface area contributed by atoms with Crippen LogP contribution in [-0.4, -0.2) is 49.0 Å². The van der Waals surface area contributed by atoms with Gasteiger partial charge < -0.3 is 19.5 Å². The number of rotatable bonds is 8. The smallest absolute Gasteiger partial charge is 0.161 e. The summed E-state index contributed by atoms with van der Waals surface area (Å²) >= 11 is 0. The van der Waals surface area contributed by atoms with Crippen LogP contribution >= 0.6 is 0 Å². The zero-order valence-electron chi connectivity index (χ0n) is 14.8. The molecular weight excluding hydrogens is 290 g/mol. The van der Waals surface area contributed by atoms with Crippen molar-refractivity contribution in [3.63, 3.8) is 0 Å². The van der Waals surface area contributed by atoms with E-state index >= 15 is 0 Å². The van der Waals surface area contributed by atoms with E-state index in [1.807, 2.05) is 19.9 Å². The standard InChI is InChI=1S/C19H31NO3/c1-4-10-20-11-9-17(21)16(14-20)12-15-7-8-18(22-5-2)19(13-15)23-6-3/h7-8,13,16-17,21H,4-6,9-12,14H2,1-3H3. The molecule has 1 saturated heterocycles. The molecule has 0 amide bonds. The lowest BCUT2D eigenvalue weighted by molar-refractivity contribution is 0.0270. The van der Waals surface area contributed by atoms with Gasteiger partial charge in [-0.05, 0) is 57.4 Å². The molecule has 23 heavy (non-hydrogen) atoms. The first-order chi connectivity index (χ1) is 11.2. The fourth-order valence-electron chi connectivity index (χ4n) is 3.34. The average Bonchev–Trinajstić information content (AvgIpc) is 2.54. The Kier molecular flexibility index (Phi) is 7.18. The van der Waals surface area contributed by atoms with E-state index in [-0.39, 0.29) is 6.10 Å². The van der Waals surface area contributed by atoms with E-state index in [2.05, 4.69) is 24.0 Å². The van der Waals surface area contributed by atoms with Crippen molar-refractivity contribution in [3.8, 4) is 11.5 Å². The number of aliphatic hydroxyl groups excluding tert-OH is 1. The van der Waals surface area contributed by atoms with E-state index in [1.165, 1.54) is 12.0 Å². The van der Waals surface area contributed by atoms with Gasteiger partial charge in [0, 0.05) is 19.0 Å². The van der Waals surface area contributed by atoms with Crippen molar-refractivity contribution >= 4 is 0 Å². The Bertz CT molecular complexity index is 478. The molecule has 0 aliphatic carbocycles. The first-order valence-electron chi connectivity index (χ1n) is 8.96. The lowest BCUT2D eigenvalue weighted by Crippen LogP contribution is -2.44. The zero-order chi connectivity index (χ0) is 16.7. The first-order valence-corrected chi connectivity index (χ1v) is 8.96. The van der Waals surface area contributed by atoms with Crippen molar-refractivity contribution in [1.29, 1.82) is 0 Å². The average molecular weight is 321 g/mol. The minimum Gasteiger partial charge on any atom is -0.490 e. The quantitative estimate of drug-likeness (QED) is 0.799. The van der Waals surface area contributed by atoms with Gasteiger partial charge in [0.25, 0.3) is 0 Å². The van der Waals surface area contributed by atoms with Gasteiger partial charge in [-0.15, -0.1) is 0 Å². The number of hydrogen-bond donors (Lipinski definition) is 1. The van der Waals surface area contributed by atoms with Crippen molar-refractivity contribution in [2.45, 2.75) is 46.1 Å². The maximum Gasteiger partial charge on any atom is 0.161 e. The number of nitrogens with zero attached hydrogens (tertiary/aromatic N) is 1. The van der Waals surface area contributed by atoms with Crippen molar-refractivity contribution in [3.05, 3.63) is 23.8 Å². The predicted molar refractivity (Wildman–Crippen MR) is 93.3 cm³/mol. The second-order valence-corrected chi connectivity index (χ2v) is 6.27. The topological polar surface area (TPSA) is 41.9 Å². The molecule has 0 spiro atoms. The Morgan fingerprint density at radius 1 is 1.13 bits per heavy atom. The summed E-state index contributed by atoms with van der Waals surface area (Å²) in [6.45, 7) is 10.5. The highest BCUT2D eigenvalue weighted by molar-refractivity contribution is 5.43. The molecule has 1 fully saturated rings. The van der Waals surface area contributed by atoms with Crippen LogP contribution in [-0.2, 0) is 6.42 Å². The number of likely N-dealkylation sites (tertiary alicyclic amines) is 1. The molecule has 1 aromatic rings. The molecule has 1 aliphatic rings. The molecule has 130 valence electrons. The third kappa shape index (κ3) is 5.11. The van der Waals surface area contributed by atoms with Crippen LogP contribution in [0.15, 0.2) is 18.2 Å². The Morgan fingerprint density at radius 3 is 2.57 bits per heavy atom. The second-order valence-electron chi connectivity index (χ2n) is 6.27. The summed E-state index contributed by atoms with van der Waals surface area (Å²) in [5.41, 5.74) is 1.21. The van der Waals surface area contributed by atoms with E-state index in [1.54, 1.807) is 0 Å². The number of aliphatic hydroxyl groups is 1. The molecule has 4 heteroatoms. The summed E-state index contributed by atoms with van der Waals surface area (Å²) in [5.74, 6) is 1.90. The normalized spacial score (nSPS) is 22.1. The number of hydrogen-bond acceptors (Lipinski definition) is 4. The molecule has 0 radical (unpaired) electrons. The molecule has 0 saturated carbocycles. The maximum absolute atomic E-state index is 10.3. The third-order valence-corrected chi connectivity index (χ3v) is 4.42. The Hall–Kier alpha value is -1.26. The van der Waals surface area contributed by atoms with Gasteiger partial charge in [-0.3, -0.25) is 0 Å². The number of benzene rings is 1. The van der Waals surface area contributed by atoms with Crippen LogP contribution in [0.1, 0.15) is 39.2 Å². The van der Waals surface area contributed by atoms with Crippen LogP contribution in [0.4, 0.5) is 0 Å². The van der Waals surface area contributed by atoms with Gasteiger partial charge in [0.05, 0.1) is 19.3 Å². The van der Waals surface area contributed by atoms with E-state index < -0.39 is 0 Å². The summed E-state index contributed by atoms with van der Waals surface area (Å²) in [6.07, 6.45) is 2.72. The summed E-state index contributed by atoms with van der Waals surface area (Å²) < 4.78 is 11.3. The number of ether oxygens (including phenoxy) is 2. The molecule has 2 unspecified atom stereocenters. The minimum absolute atomic E-state index is 0.204. The number of piperidine rings is 1. The molecule has 0 aromatic heterocycles. The van der Waals surface area contributed by atoms with Gasteiger partial charge in [-0.2, -0.15) is 0 Å². The lowest BCUT2D eigenvalue weighted by atomic mass is 9.88. The summed E-state index contributed by atoms with van der Waals surface area (Å²) in [6, 6.07) is 6.15. The first kappa shape index (κ1) is 18.1. The van der Waals surface area contributed by atoms with Gasteiger partial charge in [0.2, 0.25) is 0 Å². The zero-order valence-corrected chi connectivity index (χ0v) is 14.8. The third-order valence-electron chi connectivity index (χ3n) is 4.42. The van der Waals surface area contributed by atoms with Gasteiger partial charge in [-0.1, -0.05) is 13.0 Å². The summed E-state index contributed by atoms with van der Waals surface area (Å²) in [5, 5.41) is 10.3. The van der Waals surface area contributed by atoms with Crippen LogP contribution in [0.2, 0.25) is 0 Å². The van der Waals surface area contributed by atoms with E-state index in [9.17, 15) is 5.11 Å². The Balaban J connectivity index is 2.07. The van der Waals surface area contributed by atoms with Crippen LogP contribution < -0.4 is 9.47 Å². The summed E-state index contributed by atoms with van der Waals surface area (Å²) in [4.78, 5) is 2.47. The Labute approximate surface area is 140 Å².